The third kappa shape index (κ3) is 3.69. The van der Waals surface area contributed by atoms with Gasteiger partial charge in [0.2, 0.25) is 11.3 Å². The van der Waals surface area contributed by atoms with E-state index in [9.17, 15) is 4.21 Å². The van der Waals surface area contributed by atoms with E-state index in [1.165, 1.54) is 4.31 Å². The van der Waals surface area contributed by atoms with Gasteiger partial charge in [-0.2, -0.15) is 0 Å². The number of hydrogen-bond acceptors (Lipinski definition) is 3. The van der Waals surface area contributed by atoms with E-state index in [4.69, 9.17) is 16.0 Å². The summed E-state index contributed by atoms with van der Waals surface area (Å²) in [7, 11) is 1.60. The minimum Gasteiger partial charge on any atom is -0.398 e. The molecule has 0 fully saturated rings. The second kappa shape index (κ2) is 6.72. The predicted octanol–water partition coefficient (Wildman–Crippen LogP) is 1.41. The molecule has 1 rings (SSSR count). The van der Waals surface area contributed by atoms with Crippen LogP contribution in [0, 0.1) is 0 Å². The van der Waals surface area contributed by atoms with Crippen molar-refractivity contribution in [1.82, 2.24) is 4.31 Å². The molecule has 18 heavy (non-hydrogen) atoms. The highest BCUT2D eigenvalue weighted by atomic mass is 32.2. The number of nitrogen functional groups attached to an aromatic ring is 2. The summed E-state index contributed by atoms with van der Waals surface area (Å²) in [6.45, 7) is 2.55. The Kier molecular flexibility index (Phi) is 5.58. The normalized spacial score (nSPS) is 12.9. The van der Waals surface area contributed by atoms with Gasteiger partial charge in [-0.3, -0.25) is 4.55 Å². The van der Waals surface area contributed by atoms with Crippen molar-refractivity contribution in [3.05, 3.63) is 23.3 Å². The van der Waals surface area contributed by atoms with Crippen molar-refractivity contribution in [3.8, 4) is 0 Å². The summed E-state index contributed by atoms with van der Waals surface area (Å²) in [5.41, 5.74) is 15.4. The van der Waals surface area contributed by atoms with E-state index < -0.39 is 11.3 Å². The highest BCUT2D eigenvalue weighted by Crippen LogP contribution is 2.25. The number of nitrogens with zero attached hydrogens (tertiary/aromatic N) is 1. The summed E-state index contributed by atoms with van der Waals surface area (Å²) >= 11 is -1.95. The van der Waals surface area contributed by atoms with Crippen molar-refractivity contribution in [2.45, 2.75) is 26.2 Å². The number of nitrogens with two attached hydrogens (primary N) is 2. The molecular formula is C12H21N3O2S. The summed E-state index contributed by atoms with van der Waals surface area (Å²) in [4.78, 5) is 0. The molecule has 0 saturated heterocycles. The van der Waals surface area contributed by atoms with Crippen LogP contribution in [0.15, 0.2) is 12.1 Å². The molecule has 1 unspecified atom stereocenters. The van der Waals surface area contributed by atoms with Gasteiger partial charge in [-0.25, -0.2) is 8.51 Å². The van der Waals surface area contributed by atoms with Crippen LogP contribution in [0.1, 0.15) is 24.5 Å². The van der Waals surface area contributed by atoms with Crippen LogP contribution in [0.2, 0.25) is 0 Å². The monoisotopic (exact) mass is 271 g/mol. The van der Waals surface area contributed by atoms with E-state index in [0.717, 1.165) is 29.7 Å². The first-order valence-electron chi connectivity index (χ1n) is 5.95. The summed E-state index contributed by atoms with van der Waals surface area (Å²) in [6, 6.07) is 3.61. The second-order valence-corrected chi connectivity index (χ2v) is 5.37. The Morgan fingerprint density at radius 2 is 1.72 bits per heavy atom. The topological polar surface area (TPSA) is 92.6 Å². The zero-order chi connectivity index (χ0) is 13.7. The molecule has 1 atom stereocenters. The Balaban J connectivity index is 2.92. The van der Waals surface area contributed by atoms with Gasteiger partial charge in [0.25, 0.3) is 0 Å². The molecule has 0 amide bonds. The van der Waals surface area contributed by atoms with Gasteiger partial charge in [0.05, 0.1) is 0 Å². The van der Waals surface area contributed by atoms with Crippen LogP contribution in [0.4, 0.5) is 11.4 Å². The standard InChI is InChI=1S/C12H21N3O2S/c1-3-4-9-10(7-8-15(2)18(16)17)12(14)6-5-11(9)13/h5-6H,3-4,7-8,13-14H2,1-2H3,(H,16,17). The fourth-order valence-corrected chi connectivity index (χ4v) is 2.16. The maximum absolute atomic E-state index is 10.9. The van der Waals surface area contributed by atoms with E-state index in [2.05, 4.69) is 6.92 Å². The maximum Gasteiger partial charge on any atom is 0.234 e. The van der Waals surface area contributed by atoms with Crippen LogP contribution in [0.3, 0.4) is 0 Å². The third-order valence-electron chi connectivity index (χ3n) is 2.95. The van der Waals surface area contributed by atoms with Gasteiger partial charge in [-0.1, -0.05) is 13.3 Å². The minimum atomic E-state index is -1.95. The van der Waals surface area contributed by atoms with Crippen molar-refractivity contribution in [1.29, 1.82) is 0 Å². The van der Waals surface area contributed by atoms with Crippen LogP contribution < -0.4 is 11.5 Å². The molecule has 5 nitrogen and oxygen atoms in total. The lowest BCUT2D eigenvalue weighted by Crippen LogP contribution is -2.23. The first kappa shape index (κ1) is 14.9. The number of benzene rings is 1. The smallest absolute Gasteiger partial charge is 0.234 e. The van der Waals surface area contributed by atoms with Crippen molar-refractivity contribution < 1.29 is 8.76 Å². The second-order valence-electron chi connectivity index (χ2n) is 4.28. The van der Waals surface area contributed by atoms with Crippen molar-refractivity contribution in [2.75, 3.05) is 25.1 Å². The van der Waals surface area contributed by atoms with Gasteiger partial charge in [0, 0.05) is 25.0 Å². The van der Waals surface area contributed by atoms with Crippen molar-refractivity contribution in [3.63, 3.8) is 0 Å². The molecule has 0 radical (unpaired) electrons. The molecule has 0 aromatic heterocycles. The van der Waals surface area contributed by atoms with Gasteiger partial charge in [0.15, 0.2) is 0 Å². The lowest BCUT2D eigenvalue weighted by Gasteiger charge is -2.17. The largest absolute Gasteiger partial charge is 0.398 e. The first-order chi connectivity index (χ1) is 8.47. The molecule has 102 valence electrons. The number of hydrogen-bond donors (Lipinski definition) is 3. The quantitative estimate of drug-likeness (QED) is 0.539. The van der Waals surface area contributed by atoms with Gasteiger partial charge >= 0.3 is 0 Å². The van der Waals surface area contributed by atoms with Crippen LogP contribution >= 0.6 is 0 Å². The van der Waals surface area contributed by atoms with Gasteiger partial charge in [-0.05, 0) is 36.1 Å². The van der Waals surface area contributed by atoms with Crippen molar-refractivity contribution in [2.24, 2.45) is 0 Å². The molecule has 0 aliphatic heterocycles. The number of likely N-dealkylation sites (N-methyl/N-ethyl adjacent to an activating group) is 1. The Bertz CT molecular complexity index is 438. The molecular weight excluding hydrogens is 250 g/mol. The van der Waals surface area contributed by atoms with E-state index in [1.54, 1.807) is 13.1 Å². The van der Waals surface area contributed by atoms with Crippen LogP contribution in [-0.2, 0) is 24.1 Å². The molecule has 0 aliphatic carbocycles. The molecule has 1 aromatic rings. The van der Waals surface area contributed by atoms with Crippen LogP contribution in [-0.4, -0.2) is 26.7 Å². The summed E-state index contributed by atoms with van der Waals surface area (Å²) in [5, 5.41) is 0. The third-order valence-corrected chi connectivity index (χ3v) is 3.66. The highest BCUT2D eigenvalue weighted by molar-refractivity contribution is 7.76. The summed E-state index contributed by atoms with van der Waals surface area (Å²) in [5.74, 6) is 0. The summed E-state index contributed by atoms with van der Waals surface area (Å²) < 4.78 is 21.2. The molecule has 5 N–H and O–H groups in total. The Labute approximate surface area is 111 Å². The predicted molar refractivity (Wildman–Crippen MR) is 76.4 cm³/mol. The molecule has 0 heterocycles. The lowest BCUT2D eigenvalue weighted by atomic mass is 9.97. The van der Waals surface area contributed by atoms with Crippen LogP contribution in [0.5, 0.6) is 0 Å². The first-order valence-corrected chi connectivity index (χ1v) is 7.01. The highest BCUT2D eigenvalue weighted by Gasteiger charge is 2.12. The van der Waals surface area contributed by atoms with Gasteiger partial charge in [0.1, 0.15) is 0 Å². The van der Waals surface area contributed by atoms with Crippen LogP contribution in [0.25, 0.3) is 0 Å². The fourth-order valence-electron chi connectivity index (χ4n) is 1.92. The zero-order valence-electron chi connectivity index (χ0n) is 10.8. The molecule has 0 saturated carbocycles. The number of anilines is 2. The Morgan fingerprint density at radius 1 is 1.22 bits per heavy atom. The van der Waals surface area contributed by atoms with E-state index in [0.29, 0.717) is 18.7 Å². The van der Waals surface area contributed by atoms with Gasteiger partial charge < -0.3 is 11.5 Å². The minimum absolute atomic E-state index is 0.466. The van der Waals surface area contributed by atoms with Gasteiger partial charge in [-0.15, -0.1) is 0 Å². The molecule has 0 aliphatic rings. The molecule has 1 aromatic carbocycles. The average molecular weight is 271 g/mol. The van der Waals surface area contributed by atoms with E-state index >= 15 is 0 Å². The van der Waals surface area contributed by atoms with E-state index in [1.807, 2.05) is 6.07 Å². The lowest BCUT2D eigenvalue weighted by molar-refractivity contribution is 0.450. The Hall–Kier alpha value is -1.11. The average Bonchev–Trinajstić information content (AvgIpc) is 2.32. The molecule has 6 heteroatoms. The molecule has 0 bridgehead atoms. The summed E-state index contributed by atoms with van der Waals surface area (Å²) in [6.07, 6.45) is 2.48. The number of rotatable bonds is 6. The molecule has 0 spiro atoms. The zero-order valence-corrected chi connectivity index (χ0v) is 11.7. The van der Waals surface area contributed by atoms with E-state index in [-0.39, 0.29) is 0 Å². The Morgan fingerprint density at radius 3 is 2.17 bits per heavy atom. The SMILES string of the molecule is CCCc1c(N)ccc(N)c1CCN(C)S(=O)O. The maximum atomic E-state index is 10.9. The van der Waals surface area contributed by atoms with Crippen molar-refractivity contribution >= 4 is 22.6 Å². The fraction of sp³-hybridized carbons (Fsp3) is 0.500.